The normalized spacial score (nSPS) is 22.4. The lowest BCUT2D eigenvalue weighted by Gasteiger charge is -2.23. The van der Waals surface area contributed by atoms with Crippen molar-refractivity contribution in [2.24, 2.45) is 0 Å². The monoisotopic (exact) mass is 478 g/mol. The van der Waals surface area contributed by atoms with Crippen LogP contribution in [0.1, 0.15) is 5.56 Å². The summed E-state index contributed by atoms with van der Waals surface area (Å²) in [6.45, 7) is 1.70. The molecule has 2 rings (SSSR count). The Morgan fingerprint density at radius 3 is 2.37 bits per heavy atom. The number of sulfone groups is 1. The van der Waals surface area contributed by atoms with Crippen molar-refractivity contribution in [2.75, 3.05) is 18.6 Å². The number of hydrogen-bond donors (Lipinski definition) is 2. The molecule has 1 saturated heterocycles. The summed E-state index contributed by atoms with van der Waals surface area (Å²) in [6, 6.07) is 2.31. The van der Waals surface area contributed by atoms with Gasteiger partial charge in [0.2, 0.25) is 10.0 Å². The van der Waals surface area contributed by atoms with Gasteiger partial charge in [0.15, 0.2) is 9.84 Å². The van der Waals surface area contributed by atoms with Crippen molar-refractivity contribution in [1.82, 2.24) is 10.0 Å². The van der Waals surface area contributed by atoms with E-state index in [0.717, 1.165) is 0 Å². The van der Waals surface area contributed by atoms with E-state index in [0.29, 0.717) is 5.56 Å². The molecule has 0 spiro atoms. The first-order valence-corrected chi connectivity index (χ1v) is 11.9. The largest absolute Gasteiger partial charge is 0.495 e. The van der Waals surface area contributed by atoms with E-state index < -0.39 is 53.1 Å². The zero-order valence-electron chi connectivity index (χ0n) is 14.2. The smallest absolute Gasteiger partial charge is 0.272 e. The third-order valence-electron chi connectivity index (χ3n) is 3.84. The van der Waals surface area contributed by atoms with E-state index in [1.54, 1.807) is 13.0 Å². The molecule has 1 fully saturated rings. The number of methoxy groups -OCH3 is 1. The molecule has 8 nitrogen and oxygen atoms in total. The van der Waals surface area contributed by atoms with Gasteiger partial charge in [-0.05, 0) is 24.6 Å². The Balaban J connectivity index is 2.32. The topological polar surface area (TPSA) is 119 Å². The van der Waals surface area contributed by atoms with E-state index in [9.17, 15) is 21.6 Å². The van der Waals surface area contributed by atoms with E-state index >= 15 is 0 Å². The van der Waals surface area contributed by atoms with E-state index in [4.69, 9.17) is 39.5 Å². The van der Waals surface area contributed by atoms with E-state index in [1.165, 1.54) is 19.2 Å². The van der Waals surface area contributed by atoms with Crippen molar-refractivity contribution >= 4 is 60.6 Å². The van der Waals surface area contributed by atoms with Gasteiger partial charge >= 0.3 is 0 Å². The standard InChI is InChI=1S/C14H17Cl3N2O6S2/c1-8-3-4-11(25-2)12(5-8)27(23,24)19-10-7-26(21,22)6-9(10)18-13(20)14(15,16)17/h3-5,9-10,19H,6-7H2,1-2H3,(H,18,20)/t9-,10+/m1/s1. The second-order valence-electron chi connectivity index (χ2n) is 6.04. The minimum Gasteiger partial charge on any atom is -0.495 e. The number of aryl methyl sites for hydroxylation is 1. The van der Waals surface area contributed by atoms with Gasteiger partial charge in [-0.2, -0.15) is 0 Å². The van der Waals surface area contributed by atoms with E-state index in [1.807, 2.05) is 0 Å². The van der Waals surface area contributed by atoms with Gasteiger partial charge in [0.1, 0.15) is 10.6 Å². The highest BCUT2D eigenvalue weighted by atomic mass is 35.6. The minimum absolute atomic E-state index is 0.0934. The maximum atomic E-state index is 12.8. The molecule has 1 aromatic rings. The predicted octanol–water partition coefficient (Wildman–Crippen LogP) is 0.934. The van der Waals surface area contributed by atoms with Gasteiger partial charge in [-0.15, -0.1) is 0 Å². The maximum absolute atomic E-state index is 12.8. The average Bonchev–Trinajstić information content (AvgIpc) is 2.79. The molecule has 152 valence electrons. The predicted molar refractivity (Wildman–Crippen MR) is 103 cm³/mol. The molecule has 1 heterocycles. The van der Waals surface area contributed by atoms with Crippen LogP contribution in [-0.4, -0.2) is 57.2 Å². The molecular formula is C14H17Cl3N2O6S2. The summed E-state index contributed by atoms with van der Waals surface area (Å²) >= 11 is 16.4. The molecule has 0 saturated carbocycles. The van der Waals surface area contributed by atoms with Crippen molar-refractivity contribution in [2.45, 2.75) is 27.7 Å². The quantitative estimate of drug-likeness (QED) is 0.607. The molecule has 0 radical (unpaired) electrons. The average molecular weight is 480 g/mol. The lowest BCUT2D eigenvalue weighted by molar-refractivity contribution is -0.120. The van der Waals surface area contributed by atoms with Crippen molar-refractivity contribution < 1.29 is 26.4 Å². The van der Waals surface area contributed by atoms with Crippen LogP contribution in [-0.2, 0) is 24.7 Å². The number of hydrogen-bond acceptors (Lipinski definition) is 6. The molecular weight excluding hydrogens is 463 g/mol. The number of halogens is 3. The highest BCUT2D eigenvalue weighted by molar-refractivity contribution is 7.92. The Bertz CT molecular complexity index is 944. The number of amides is 1. The number of benzene rings is 1. The molecule has 0 aromatic heterocycles. The number of sulfonamides is 1. The number of ether oxygens (including phenoxy) is 1. The molecule has 13 heteroatoms. The minimum atomic E-state index is -4.15. The van der Waals surface area contributed by atoms with E-state index in [-0.39, 0.29) is 10.6 Å². The fraction of sp³-hybridized carbons (Fsp3) is 0.500. The second-order valence-corrected chi connectivity index (χ2v) is 12.2. The maximum Gasteiger partial charge on any atom is 0.272 e. The fourth-order valence-electron chi connectivity index (χ4n) is 2.61. The molecule has 0 aliphatic carbocycles. The molecule has 0 bridgehead atoms. The van der Waals surface area contributed by atoms with Gasteiger partial charge in [0, 0.05) is 0 Å². The van der Waals surface area contributed by atoms with Crippen LogP contribution in [0.5, 0.6) is 5.75 Å². The van der Waals surface area contributed by atoms with Crippen LogP contribution in [0.2, 0.25) is 0 Å². The summed E-state index contributed by atoms with van der Waals surface area (Å²) in [5.41, 5.74) is 0.663. The van der Waals surface area contributed by atoms with Crippen LogP contribution in [0.25, 0.3) is 0 Å². The second kappa shape index (κ2) is 7.92. The summed E-state index contributed by atoms with van der Waals surface area (Å²) in [5.74, 6) is -1.95. The molecule has 1 amide bonds. The zero-order valence-corrected chi connectivity index (χ0v) is 18.1. The molecule has 2 N–H and O–H groups in total. The molecule has 27 heavy (non-hydrogen) atoms. The Kier molecular flexibility index (Phi) is 6.60. The fourth-order valence-corrected chi connectivity index (χ4v) is 6.27. The summed E-state index contributed by atoms with van der Waals surface area (Å²) < 4.78 is 54.6. The van der Waals surface area contributed by atoms with Gasteiger partial charge in [-0.25, -0.2) is 21.6 Å². The van der Waals surface area contributed by atoms with Crippen LogP contribution in [0, 0.1) is 6.92 Å². The Morgan fingerprint density at radius 1 is 1.22 bits per heavy atom. The van der Waals surface area contributed by atoms with Crippen molar-refractivity contribution in [3.8, 4) is 5.75 Å². The van der Waals surface area contributed by atoms with Gasteiger partial charge in [-0.3, -0.25) is 4.79 Å². The number of carbonyl (C=O) groups is 1. The number of nitrogens with one attached hydrogen (secondary N) is 2. The third kappa shape index (κ3) is 5.61. The molecule has 0 unspecified atom stereocenters. The number of carbonyl (C=O) groups excluding carboxylic acids is 1. The summed E-state index contributed by atoms with van der Waals surface area (Å²) in [5, 5.41) is 2.27. The summed E-state index contributed by atoms with van der Waals surface area (Å²) in [4.78, 5) is 11.7. The lowest BCUT2D eigenvalue weighted by atomic mass is 10.2. The van der Waals surface area contributed by atoms with E-state index in [2.05, 4.69) is 10.0 Å². The molecule has 1 aliphatic rings. The van der Waals surface area contributed by atoms with Crippen molar-refractivity contribution in [3.05, 3.63) is 23.8 Å². The van der Waals surface area contributed by atoms with Crippen LogP contribution >= 0.6 is 34.8 Å². The van der Waals surface area contributed by atoms with Gasteiger partial charge < -0.3 is 10.1 Å². The van der Waals surface area contributed by atoms with Crippen LogP contribution in [0.15, 0.2) is 23.1 Å². The Labute approximate surface area is 172 Å². The molecule has 1 aliphatic heterocycles. The first kappa shape index (κ1) is 22.5. The highest BCUT2D eigenvalue weighted by Gasteiger charge is 2.43. The van der Waals surface area contributed by atoms with Gasteiger partial charge in [0.05, 0.1) is 30.7 Å². The Morgan fingerprint density at radius 2 is 1.81 bits per heavy atom. The summed E-state index contributed by atoms with van der Waals surface area (Å²) in [7, 11) is -6.46. The molecule has 1 aromatic carbocycles. The zero-order chi connectivity index (χ0) is 20.6. The number of rotatable bonds is 5. The van der Waals surface area contributed by atoms with Crippen LogP contribution < -0.4 is 14.8 Å². The van der Waals surface area contributed by atoms with Crippen molar-refractivity contribution in [3.63, 3.8) is 0 Å². The molecule has 2 atom stereocenters. The van der Waals surface area contributed by atoms with Crippen LogP contribution in [0.4, 0.5) is 0 Å². The van der Waals surface area contributed by atoms with Gasteiger partial charge in [-0.1, -0.05) is 40.9 Å². The first-order valence-electron chi connectivity index (χ1n) is 7.50. The summed E-state index contributed by atoms with van der Waals surface area (Å²) in [6.07, 6.45) is 0. The SMILES string of the molecule is COc1ccc(C)cc1S(=O)(=O)N[C@H]1CS(=O)(=O)C[C@H]1NC(=O)C(Cl)(Cl)Cl. The van der Waals surface area contributed by atoms with Gasteiger partial charge in [0.25, 0.3) is 9.70 Å². The Hall–Kier alpha value is -0.780. The third-order valence-corrected chi connectivity index (χ3v) is 7.60. The lowest BCUT2D eigenvalue weighted by Crippen LogP contribution is -2.53. The highest BCUT2D eigenvalue weighted by Crippen LogP contribution is 2.28. The first-order chi connectivity index (χ1) is 12.2. The van der Waals surface area contributed by atoms with Crippen molar-refractivity contribution in [1.29, 1.82) is 0 Å². The van der Waals surface area contributed by atoms with Crippen LogP contribution in [0.3, 0.4) is 0 Å². The number of alkyl halides is 3.